The number of rotatable bonds is 3. The van der Waals surface area contributed by atoms with Crippen LogP contribution < -0.4 is 0 Å². The van der Waals surface area contributed by atoms with Crippen molar-refractivity contribution in [3.63, 3.8) is 0 Å². The first-order valence-electron chi connectivity index (χ1n) is 7.25. The van der Waals surface area contributed by atoms with E-state index in [1.807, 2.05) is 0 Å². The second-order valence-electron chi connectivity index (χ2n) is 6.14. The summed E-state index contributed by atoms with van der Waals surface area (Å²) in [5, 5.41) is 8.89. The van der Waals surface area contributed by atoms with Crippen molar-refractivity contribution in [2.24, 2.45) is 5.41 Å². The minimum Gasteiger partial charge on any atom is -0.479 e. The lowest BCUT2D eigenvalue weighted by Crippen LogP contribution is -2.39. The first-order chi connectivity index (χ1) is 9.52. The average molecular weight is 281 g/mol. The molecule has 2 amide bonds. The number of nitrogens with zero attached hydrogens (tertiary/aromatic N) is 1. The van der Waals surface area contributed by atoms with Crippen LogP contribution in [0.1, 0.15) is 44.9 Å². The summed E-state index contributed by atoms with van der Waals surface area (Å²) >= 11 is 0. The monoisotopic (exact) mass is 281 g/mol. The Morgan fingerprint density at radius 2 is 2.00 bits per heavy atom. The van der Waals surface area contributed by atoms with E-state index in [4.69, 9.17) is 9.84 Å². The smallest absolute Gasteiger partial charge is 0.332 e. The highest BCUT2D eigenvalue weighted by Gasteiger charge is 2.53. The van der Waals surface area contributed by atoms with E-state index in [1.165, 1.54) is 4.90 Å². The first-order valence-corrected chi connectivity index (χ1v) is 7.25. The zero-order chi connectivity index (χ0) is 14.3. The van der Waals surface area contributed by atoms with Crippen LogP contribution in [-0.4, -0.2) is 46.5 Å². The summed E-state index contributed by atoms with van der Waals surface area (Å²) in [5.74, 6) is -1.17. The molecule has 2 heterocycles. The van der Waals surface area contributed by atoms with Crippen LogP contribution in [0, 0.1) is 5.41 Å². The summed E-state index contributed by atoms with van der Waals surface area (Å²) in [4.78, 5) is 36.7. The number of aliphatic carboxylic acids is 1. The van der Waals surface area contributed by atoms with Gasteiger partial charge < -0.3 is 9.84 Å². The van der Waals surface area contributed by atoms with E-state index < -0.39 is 17.5 Å². The minimum absolute atomic E-state index is 0.0672. The predicted octanol–water partition coefficient (Wildman–Crippen LogP) is 0.938. The van der Waals surface area contributed by atoms with Crippen molar-refractivity contribution >= 4 is 17.8 Å². The van der Waals surface area contributed by atoms with Crippen molar-refractivity contribution in [1.29, 1.82) is 0 Å². The summed E-state index contributed by atoms with van der Waals surface area (Å²) in [6, 6.07) is 0. The minimum atomic E-state index is -0.973. The van der Waals surface area contributed by atoms with E-state index in [9.17, 15) is 14.4 Å². The Balaban J connectivity index is 1.65. The summed E-state index contributed by atoms with van der Waals surface area (Å²) in [6.07, 6.45) is 3.84. The molecular formula is C14H19NO5. The Hall–Kier alpha value is -1.43. The zero-order valence-electron chi connectivity index (χ0n) is 11.3. The van der Waals surface area contributed by atoms with Gasteiger partial charge in [0.2, 0.25) is 11.8 Å². The molecule has 0 aromatic rings. The summed E-state index contributed by atoms with van der Waals surface area (Å²) in [7, 11) is 0. The van der Waals surface area contributed by atoms with E-state index in [0.29, 0.717) is 19.3 Å². The Kier molecular flexibility index (Phi) is 3.28. The number of ether oxygens (including phenoxy) is 1. The number of likely N-dealkylation sites (tertiary alicyclic amines) is 1. The number of carbonyl (C=O) groups is 3. The Morgan fingerprint density at radius 1 is 1.30 bits per heavy atom. The van der Waals surface area contributed by atoms with E-state index in [0.717, 1.165) is 25.7 Å². The van der Waals surface area contributed by atoms with Gasteiger partial charge in [0.1, 0.15) is 0 Å². The lowest BCUT2D eigenvalue weighted by Gasteiger charge is -2.23. The molecule has 1 spiro atoms. The third-order valence-corrected chi connectivity index (χ3v) is 4.82. The number of amides is 2. The SMILES string of the molecule is O=C(O)C1CCC(CN2C(=O)CC3(CCCC3)C2=O)O1. The van der Waals surface area contributed by atoms with Gasteiger partial charge in [-0.3, -0.25) is 14.5 Å². The Labute approximate surface area is 117 Å². The van der Waals surface area contributed by atoms with E-state index >= 15 is 0 Å². The van der Waals surface area contributed by atoms with Gasteiger partial charge in [0.15, 0.2) is 6.10 Å². The predicted molar refractivity (Wildman–Crippen MR) is 67.8 cm³/mol. The zero-order valence-corrected chi connectivity index (χ0v) is 11.3. The topological polar surface area (TPSA) is 83.9 Å². The maximum absolute atomic E-state index is 12.5. The van der Waals surface area contributed by atoms with Crippen molar-refractivity contribution in [3.05, 3.63) is 0 Å². The van der Waals surface area contributed by atoms with Crippen LogP contribution in [0.15, 0.2) is 0 Å². The number of imide groups is 1. The van der Waals surface area contributed by atoms with Gasteiger partial charge >= 0.3 is 5.97 Å². The van der Waals surface area contributed by atoms with Crippen molar-refractivity contribution in [3.8, 4) is 0 Å². The van der Waals surface area contributed by atoms with Crippen LogP contribution in [0.2, 0.25) is 0 Å². The molecule has 0 bridgehead atoms. The maximum Gasteiger partial charge on any atom is 0.332 e. The quantitative estimate of drug-likeness (QED) is 0.778. The fourth-order valence-electron chi connectivity index (χ4n) is 3.71. The molecule has 2 saturated heterocycles. The molecular weight excluding hydrogens is 262 g/mol. The number of hydrogen-bond donors (Lipinski definition) is 1. The molecule has 20 heavy (non-hydrogen) atoms. The highest BCUT2D eigenvalue weighted by Crippen LogP contribution is 2.47. The maximum atomic E-state index is 12.5. The van der Waals surface area contributed by atoms with E-state index in [1.54, 1.807) is 0 Å². The lowest BCUT2D eigenvalue weighted by molar-refractivity contribution is -0.150. The van der Waals surface area contributed by atoms with Gasteiger partial charge in [-0.15, -0.1) is 0 Å². The van der Waals surface area contributed by atoms with Crippen LogP contribution in [0.25, 0.3) is 0 Å². The molecule has 1 N–H and O–H groups in total. The van der Waals surface area contributed by atoms with Gasteiger partial charge in [-0.2, -0.15) is 0 Å². The van der Waals surface area contributed by atoms with Crippen LogP contribution >= 0.6 is 0 Å². The second kappa shape index (κ2) is 4.84. The highest BCUT2D eigenvalue weighted by molar-refractivity contribution is 6.06. The van der Waals surface area contributed by atoms with Crippen molar-refractivity contribution in [2.45, 2.75) is 57.2 Å². The molecule has 3 rings (SSSR count). The molecule has 0 radical (unpaired) electrons. The van der Waals surface area contributed by atoms with Gasteiger partial charge in [-0.25, -0.2) is 4.79 Å². The number of carboxylic acids is 1. The van der Waals surface area contributed by atoms with Crippen LogP contribution in [0.4, 0.5) is 0 Å². The molecule has 1 saturated carbocycles. The van der Waals surface area contributed by atoms with Gasteiger partial charge in [0, 0.05) is 6.42 Å². The van der Waals surface area contributed by atoms with E-state index in [2.05, 4.69) is 0 Å². The summed E-state index contributed by atoms with van der Waals surface area (Å²) in [5.41, 5.74) is -0.456. The fourth-order valence-corrected chi connectivity index (χ4v) is 3.71. The van der Waals surface area contributed by atoms with Gasteiger partial charge in [-0.1, -0.05) is 12.8 Å². The third kappa shape index (κ3) is 2.12. The number of carbonyl (C=O) groups excluding carboxylic acids is 2. The molecule has 1 aliphatic carbocycles. The first kappa shape index (κ1) is 13.5. The van der Waals surface area contributed by atoms with Crippen molar-refractivity contribution < 1.29 is 24.2 Å². The molecule has 2 aliphatic heterocycles. The molecule has 3 aliphatic rings. The van der Waals surface area contributed by atoms with Gasteiger partial charge in [-0.05, 0) is 25.7 Å². The average Bonchev–Trinajstić information content (AvgIpc) is 3.08. The molecule has 2 atom stereocenters. The largest absolute Gasteiger partial charge is 0.479 e. The summed E-state index contributed by atoms with van der Waals surface area (Å²) < 4.78 is 5.39. The number of carboxylic acid groups (broad SMARTS) is 1. The highest BCUT2D eigenvalue weighted by atomic mass is 16.5. The van der Waals surface area contributed by atoms with Crippen molar-refractivity contribution in [1.82, 2.24) is 4.90 Å². The normalized spacial score (nSPS) is 32.5. The molecule has 6 nitrogen and oxygen atoms in total. The molecule has 3 fully saturated rings. The fraction of sp³-hybridized carbons (Fsp3) is 0.786. The number of hydrogen-bond acceptors (Lipinski definition) is 4. The lowest BCUT2D eigenvalue weighted by atomic mass is 9.84. The molecule has 6 heteroatoms. The standard InChI is InChI=1S/C14H19NO5/c16-11-7-14(5-1-2-6-14)13(19)15(11)8-9-3-4-10(20-9)12(17)18/h9-10H,1-8H2,(H,17,18). The molecule has 110 valence electrons. The van der Waals surface area contributed by atoms with Crippen molar-refractivity contribution in [2.75, 3.05) is 6.54 Å². The van der Waals surface area contributed by atoms with Crippen LogP contribution in [0.5, 0.6) is 0 Å². The van der Waals surface area contributed by atoms with Crippen LogP contribution in [-0.2, 0) is 19.1 Å². The third-order valence-electron chi connectivity index (χ3n) is 4.82. The molecule has 2 unspecified atom stereocenters. The molecule has 0 aromatic carbocycles. The van der Waals surface area contributed by atoms with E-state index in [-0.39, 0.29) is 24.5 Å². The van der Waals surface area contributed by atoms with Gasteiger partial charge in [0.05, 0.1) is 18.1 Å². The molecule has 0 aromatic heterocycles. The summed E-state index contributed by atoms with van der Waals surface area (Å²) in [6.45, 7) is 0.212. The Bertz CT molecular complexity index is 454. The van der Waals surface area contributed by atoms with Gasteiger partial charge in [0.25, 0.3) is 0 Å². The second-order valence-corrected chi connectivity index (χ2v) is 6.14. The van der Waals surface area contributed by atoms with Crippen LogP contribution in [0.3, 0.4) is 0 Å². The Morgan fingerprint density at radius 3 is 2.60 bits per heavy atom.